The van der Waals surface area contributed by atoms with Crippen molar-refractivity contribution in [2.75, 3.05) is 19.8 Å². The van der Waals surface area contributed by atoms with E-state index in [1.807, 2.05) is 54.6 Å². The molecule has 2 N–H and O–H groups in total. The quantitative estimate of drug-likeness (QED) is 0.771. The zero-order valence-electron chi connectivity index (χ0n) is 13.8. The predicted octanol–water partition coefficient (Wildman–Crippen LogP) is 3.46. The Morgan fingerprint density at radius 1 is 1.16 bits per heavy atom. The second-order valence-electron chi connectivity index (χ2n) is 5.89. The molecule has 4 nitrogen and oxygen atoms in total. The van der Waals surface area contributed by atoms with Crippen molar-refractivity contribution in [3.8, 4) is 0 Å². The third-order valence-corrected chi connectivity index (χ3v) is 4.60. The lowest BCUT2D eigenvalue weighted by Crippen LogP contribution is -2.44. The van der Waals surface area contributed by atoms with E-state index in [0.29, 0.717) is 19.6 Å². The van der Waals surface area contributed by atoms with E-state index in [2.05, 4.69) is 26.6 Å². The van der Waals surface area contributed by atoms with Gasteiger partial charge in [-0.15, -0.1) is 12.4 Å². The summed E-state index contributed by atoms with van der Waals surface area (Å²) < 4.78 is 6.44. The number of amides is 1. The standard InChI is InChI=1S/C19H21BrN2O2.ClH/c20-16-8-6-15(7-9-16)19(14-4-2-1-3-5-14)22-18(23)12-17-13-24-11-10-21-17;/h1-9,17,19,21H,10-13H2,(H,22,23);1H. The van der Waals surface area contributed by atoms with Gasteiger partial charge >= 0.3 is 0 Å². The van der Waals surface area contributed by atoms with Crippen LogP contribution in [0.1, 0.15) is 23.6 Å². The van der Waals surface area contributed by atoms with E-state index in [0.717, 1.165) is 22.1 Å². The number of halogens is 2. The maximum absolute atomic E-state index is 12.5. The van der Waals surface area contributed by atoms with E-state index in [-0.39, 0.29) is 30.4 Å². The average molecular weight is 426 g/mol. The molecule has 2 aromatic rings. The summed E-state index contributed by atoms with van der Waals surface area (Å²) in [5.74, 6) is 0.0229. The summed E-state index contributed by atoms with van der Waals surface area (Å²) in [6, 6.07) is 18.0. The summed E-state index contributed by atoms with van der Waals surface area (Å²) in [5, 5.41) is 6.48. The Bertz CT molecular complexity index is 661. The summed E-state index contributed by atoms with van der Waals surface area (Å²) in [6.07, 6.45) is 0.417. The minimum Gasteiger partial charge on any atom is -0.378 e. The fraction of sp³-hybridized carbons (Fsp3) is 0.316. The first kappa shape index (κ1) is 19.9. The van der Waals surface area contributed by atoms with Crippen molar-refractivity contribution < 1.29 is 9.53 Å². The summed E-state index contributed by atoms with van der Waals surface area (Å²) in [6.45, 7) is 2.10. The van der Waals surface area contributed by atoms with Crippen LogP contribution in [0.2, 0.25) is 0 Å². The van der Waals surface area contributed by atoms with Crippen LogP contribution < -0.4 is 10.6 Å². The van der Waals surface area contributed by atoms with Crippen LogP contribution in [-0.4, -0.2) is 31.7 Å². The molecule has 0 bridgehead atoms. The molecule has 1 aliphatic rings. The third kappa shape index (κ3) is 5.82. The lowest BCUT2D eigenvalue weighted by atomic mass is 9.98. The van der Waals surface area contributed by atoms with Gasteiger partial charge in [0, 0.05) is 23.5 Å². The third-order valence-electron chi connectivity index (χ3n) is 4.07. The maximum Gasteiger partial charge on any atom is 0.222 e. The first-order valence-electron chi connectivity index (χ1n) is 8.13. The molecule has 2 unspecified atom stereocenters. The molecule has 1 amide bonds. The van der Waals surface area contributed by atoms with Crippen LogP contribution in [0.5, 0.6) is 0 Å². The highest BCUT2D eigenvalue weighted by molar-refractivity contribution is 9.10. The van der Waals surface area contributed by atoms with Gasteiger partial charge in [0.05, 0.1) is 19.3 Å². The Hall–Kier alpha value is -1.40. The van der Waals surface area contributed by atoms with Crippen molar-refractivity contribution >= 4 is 34.2 Å². The molecule has 25 heavy (non-hydrogen) atoms. The van der Waals surface area contributed by atoms with Crippen LogP contribution in [0.25, 0.3) is 0 Å². The van der Waals surface area contributed by atoms with Gasteiger partial charge in [-0.05, 0) is 23.3 Å². The minimum atomic E-state index is -0.156. The lowest BCUT2D eigenvalue weighted by Gasteiger charge is -2.25. The molecule has 6 heteroatoms. The molecule has 3 rings (SSSR count). The number of morpholine rings is 1. The molecule has 134 valence electrons. The molecule has 1 heterocycles. The van der Waals surface area contributed by atoms with E-state index in [4.69, 9.17) is 4.74 Å². The molecule has 1 aliphatic heterocycles. The molecule has 1 fully saturated rings. The van der Waals surface area contributed by atoms with Crippen molar-refractivity contribution in [3.63, 3.8) is 0 Å². The summed E-state index contributed by atoms with van der Waals surface area (Å²) >= 11 is 3.46. The lowest BCUT2D eigenvalue weighted by molar-refractivity contribution is -0.122. The summed E-state index contributed by atoms with van der Waals surface area (Å²) in [4.78, 5) is 12.5. The van der Waals surface area contributed by atoms with Crippen LogP contribution >= 0.6 is 28.3 Å². The Kier molecular flexibility index (Phi) is 7.90. The zero-order valence-corrected chi connectivity index (χ0v) is 16.2. The number of ether oxygens (including phenoxy) is 1. The average Bonchev–Trinajstić information content (AvgIpc) is 2.62. The Morgan fingerprint density at radius 3 is 2.48 bits per heavy atom. The van der Waals surface area contributed by atoms with Gasteiger partial charge in [-0.1, -0.05) is 58.4 Å². The first-order valence-corrected chi connectivity index (χ1v) is 8.92. The number of hydrogen-bond donors (Lipinski definition) is 2. The number of carbonyl (C=O) groups excluding carboxylic acids is 1. The topological polar surface area (TPSA) is 50.4 Å². The fourth-order valence-corrected chi connectivity index (χ4v) is 3.12. The van der Waals surface area contributed by atoms with E-state index >= 15 is 0 Å². The zero-order chi connectivity index (χ0) is 16.8. The number of hydrogen-bond acceptors (Lipinski definition) is 3. The van der Waals surface area contributed by atoms with Crippen LogP contribution in [-0.2, 0) is 9.53 Å². The Morgan fingerprint density at radius 2 is 1.84 bits per heavy atom. The van der Waals surface area contributed by atoms with Gasteiger partial charge < -0.3 is 15.4 Å². The number of carbonyl (C=O) groups is 1. The monoisotopic (exact) mass is 424 g/mol. The molecule has 0 radical (unpaired) electrons. The van der Waals surface area contributed by atoms with Crippen LogP contribution in [0, 0.1) is 0 Å². The van der Waals surface area contributed by atoms with Crippen LogP contribution in [0.15, 0.2) is 59.1 Å². The summed E-state index contributed by atoms with van der Waals surface area (Å²) in [7, 11) is 0. The number of rotatable bonds is 5. The normalized spacial score (nSPS) is 18.0. The van der Waals surface area contributed by atoms with Gasteiger partial charge in [-0.2, -0.15) is 0 Å². The first-order chi connectivity index (χ1) is 11.7. The van der Waals surface area contributed by atoms with Gasteiger partial charge in [0.25, 0.3) is 0 Å². The van der Waals surface area contributed by atoms with E-state index in [9.17, 15) is 4.79 Å². The van der Waals surface area contributed by atoms with Gasteiger partial charge in [-0.3, -0.25) is 4.79 Å². The van der Waals surface area contributed by atoms with Crippen molar-refractivity contribution in [1.29, 1.82) is 0 Å². The second-order valence-corrected chi connectivity index (χ2v) is 6.81. The van der Waals surface area contributed by atoms with Crippen molar-refractivity contribution in [1.82, 2.24) is 10.6 Å². The number of nitrogens with one attached hydrogen (secondary N) is 2. The fourth-order valence-electron chi connectivity index (χ4n) is 2.85. The van der Waals surface area contributed by atoms with E-state index in [1.54, 1.807) is 0 Å². The summed E-state index contributed by atoms with van der Waals surface area (Å²) in [5.41, 5.74) is 2.13. The molecule has 2 aromatic carbocycles. The van der Waals surface area contributed by atoms with Gasteiger partial charge in [0.1, 0.15) is 0 Å². The molecule has 1 saturated heterocycles. The highest BCUT2D eigenvalue weighted by Crippen LogP contribution is 2.24. The Balaban J connectivity index is 0.00000225. The van der Waals surface area contributed by atoms with Gasteiger partial charge in [0.15, 0.2) is 0 Å². The van der Waals surface area contributed by atoms with Crippen LogP contribution in [0.3, 0.4) is 0 Å². The van der Waals surface area contributed by atoms with Gasteiger partial charge in [-0.25, -0.2) is 0 Å². The Labute approximate surface area is 162 Å². The number of benzene rings is 2. The molecule has 0 spiro atoms. The van der Waals surface area contributed by atoms with Gasteiger partial charge in [0.2, 0.25) is 5.91 Å². The largest absolute Gasteiger partial charge is 0.378 e. The molecule has 2 atom stereocenters. The van der Waals surface area contributed by atoms with E-state index < -0.39 is 0 Å². The van der Waals surface area contributed by atoms with Crippen molar-refractivity contribution in [2.24, 2.45) is 0 Å². The smallest absolute Gasteiger partial charge is 0.222 e. The predicted molar refractivity (Wildman–Crippen MR) is 105 cm³/mol. The molecule has 0 aromatic heterocycles. The molecule has 0 saturated carbocycles. The van der Waals surface area contributed by atoms with Crippen molar-refractivity contribution in [3.05, 3.63) is 70.2 Å². The minimum absolute atomic E-state index is 0. The maximum atomic E-state index is 12.5. The molecular formula is C19H22BrClN2O2. The van der Waals surface area contributed by atoms with Crippen LogP contribution in [0.4, 0.5) is 0 Å². The highest BCUT2D eigenvalue weighted by atomic mass is 79.9. The highest BCUT2D eigenvalue weighted by Gasteiger charge is 2.21. The second kappa shape index (κ2) is 9.92. The SMILES string of the molecule is Cl.O=C(CC1COCCN1)NC(c1ccccc1)c1ccc(Br)cc1. The molecular weight excluding hydrogens is 404 g/mol. The van der Waals surface area contributed by atoms with Crippen molar-refractivity contribution in [2.45, 2.75) is 18.5 Å². The molecule has 0 aliphatic carbocycles. The van der Waals surface area contributed by atoms with E-state index in [1.165, 1.54) is 0 Å².